The summed E-state index contributed by atoms with van der Waals surface area (Å²) in [5.41, 5.74) is -4.08. The number of carboxylic acid groups (broad SMARTS) is 1. The maximum absolute atomic E-state index is 13.7. The minimum atomic E-state index is -3.52. The summed E-state index contributed by atoms with van der Waals surface area (Å²) >= 11 is 0. The van der Waals surface area contributed by atoms with Crippen LogP contribution in [0.2, 0.25) is 0 Å². The van der Waals surface area contributed by atoms with Gasteiger partial charge in [-0.1, -0.05) is 0 Å². The van der Waals surface area contributed by atoms with Crippen LogP contribution in [0, 0.1) is 5.82 Å². The first kappa shape index (κ1) is 17.1. The molecule has 0 spiro atoms. The average Bonchev–Trinajstić information content (AvgIpc) is 2.94. The molecule has 2 N–H and O–H groups in total. The van der Waals surface area contributed by atoms with Gasteiger partial charge >= 0.3 is 12.1 Å². The molecule has 8 heteroatoms. The molecule has 1 aliphatic carbocycles. The van der Waals surface area contributed by atoms with E-state index in [-0.39, 0.29) is 5.69 Å². The standard InChI is InChI=1S/C15H16F3NO4/c1-13(2,3)23-12(22)19-10-5-4-8(16)6-9(10)14(11(20)21)7-15(14,17)18/h4-6H,7H2,1-3H3,(H,19,22)(H,20,21). The fourth-order valence-electron chi connectivity index (χ4n) is 2.32. The summed E-state index contributed by atoms with van der Waals surface area (Å²) in [7, 11) is 0. The minimum absolute atomic E-state index is 0.222. The van der Waals surface area contributed by atoms with Crippen LogP contribution in [0.4, 0.5) is 23.7 Å². The predicted molar refractivity (Wildman–Crippen MR) is 75.1 cm³/mol. The largest absolute Gasteiger partial charge is 0.480 e. The van der Waals surface area contributed by atoms with Gasteiger partial charge < -0.3 is 9.84 Å². The molecule has 1 aromatic rings. The van der Waals surface area contributed by atoms with E-state index >= 15 is 0 Å². The van der Waals surface area contributed by atoms with Crippen molar-refractivity contribution < 1.29 is 32.6 Å². The zero-order valence-electron chi connectivity index (χ0n) is 12.7. The van der Waals surface area contributed by atoms with Crippen molar-refractivity contribution in [3.8, 4) is 0 Å². The second-order valence-corrected chi connectivity index (χ2v) is 6.41. The lowest BCUT2D eigenvalue weighted by Gasteiger charge is -2.22. The molecular weight excluding hydrogens is 315 g/mol. The number of carboxylic acids is 1. The summed E-state index contributed by atoms with van der Waals surface area (Å²) in [5.74, 6) is -6.17. The number of alkyl halides is 2. The number of anilines is 1. The minimum Gasteiger partial charge on any atom is -0.480 e. The highest BCUT2D eigenvalue weighted by Crippen LogP contribution is 2.63. The summed E-state index contributed by atoms with van der Waals surface area (Å²) in [6, 6.07) is 2.67. The number of benzene rings is 1. The zero-order chi connectivity index (χ0) is 17.6. The molecule has 0 radical (unpaired) electrons. The summed E-state index contributed by atoms with van der Waals surface area (Å²) in [6.45, 7) is 4.81. The molecule has 1 saturated carbocycles. The highest BCUT2D eigenvalue weighted by molar-refractivity contribution is 5.93. The van der Waals surface area contributed by atoms with E-state index in [2.05, 4.69) is 5.32 Å². The van der Waals surface area contributed by atoms with Gasteiger partial charge in [-0.25, -0.2) is 18.0 Å². The van der Waals surface area contributed by atoms with Gasteiger partial charge in [0.25, 0.3) is 5.92 Å². The number of carbonyl (C=O) groups excluding carboxylic acids is 1. The van der Waals surface area contributed by atoms with Crippen LogP contribution < -0.4 is 5.32 Å². The van der Waals surface area contributed by atoms with Crippen molar-refractivity contribution in [2.24, 2.45) is 0 Å². The van der Waals surface area contributed by atoms with Gasteiger partial charge in [0.2, 0.25) is 0 Å². The van der Waals surface area contributed by atoms with E-state index in [1.54, 1.807) is 20.8 Å². The quantitative estimate of drug-likeness (QED) is 0.888. The van der Waals surface area contributed by atoms with Crippen LogP contribution in [0.3, 0.4) is 0 Å². The summed E-state index contributed by atoms with van der Waals surface area (Å²) in [6.07, 6.45) is -1.91. The van der Waals surface area contributed by atoms with Crippen molar-refractivity contribution in [1.29, 1.82) is 0 Å². The van der Waals surface area contributed by atoms with Crippen molar-refractivity contribution in [3.05, 3.63) is 29.6 Å². The summed E-state index contributed by atoms with van der Waals surface area (Å²) < 4.78 is 45.8. The van der Waals surface area contributed by atoms with E-state index in [0.717, 1.165) is 12.1 Å². The van der Waals surface area contributed by atoms with Crippen LogP contribution in [0.15, 0.2) is 18.2 Å². The average molecular weight is 331 g/mol. The number of nitrogens with one attached hydrogen (secondary N) is 1. The van der Waals surface area contributed by atoms with Crippen LogP contribution in [-0.2, 0) is 14.9 Å². The van der Waals surface area contributed by atoms with Gasteiger partial charge in [-0.2, -0.15) is 0 Å². The van der Waals surface area contributed by atoms with Gasteiger partial charge in [0, 0.05) is 17.7 Å². The first-order chi connectivity index (χ1) is 10.4. The maximum Gasteiger partial charge on any atom is 0.412 e. The van der Waals surface area contributed by atoms with Crippen LogP contribution in [-0.4, -0.2) is 28.7 Å². The summed E-state index contributed by atoms with van der Waals surface area (Å²) in [5, 5.41) is 11.4. The number of carbonyl (C=O) groups is 2. The lowest BCUT2D eigenvalue weighted by Crippen LogP contribution is -2.31. The molecule has 5 nitrogen and oxygen atoms in total. The molecule has 126 valence electrons. The Balaban J connectivity index is 2.40. The highest BCUT2D eigenvalue weighted by Gasteiger charge is 2.78. The van der Waals surface area contributed by atoms with E-state index in [4.69, 9.17) is 4.74 Å². The number of aliphatic carboxylic acids is 1. The molecule has 0 aliphatic heterocycles. The van der Waals surface area contributed by atoms with E-state index in [1.165, 1.54) is 0 Å². The Bertz CT molecular complexity index is 669. The Morgan fingerprint density at radius 1 is 1.30 bits per heavy atom. The Morgan fingerprint density at radius 3 is 2.30 bits per heavy atom. The van der Waals surface area contributed by atoms with Gasteiger partial charge in [-0.15, -0.1) is 0 Å². The monoisotopic (exact) mass is 331 g/mol. The SMILES string of the molecule is CC(C)(C)OC(=O)Nc1ccc(F)cc1C1(C(=O)O)CC1(F)F. The molecule has 0 heterocycles. The molecular formula is C15H16F3NO4. The number of hydrogen-bond acceptors (Lipinski definition) is 3. The van der Waals surface area contributed by atoms with Gasteiger partial charge in [0.15, 0.2) is 5.41 Å². The lowest BCUT2D eigenvalue weighted by molar-refractivity contribution is -0.142. The zero-order valence-corrected chi connectivity index (χ0v) is 12.7. The molecule has 1 amide bonds. The van der Waals surface area contributed by atoms with Crippen molar-refractivity contribution in [2.75, 3.05) is 5.32 Å². The van der Waals surface area contributed by atoms with E-state index < -0.39 is 46.8 Å². The fraction of sp³-hybridized carbons (Fsp3) is 0.467. The van der Waals surface area contributed by atoms with Gasteiger partial charge in [-0.05, 0) is 39.0 Å². The Morgan fingerprint density at radius 2 is 1.87 bits per heavy atom. The van der Waals surface area contributed by atoms with E-state index in [0.29, 0.717) is 6.07 Å². The molecule has 0 aromatic heterocycles. The van der Waals surface area contributed by atoms with Crippen molar-refractivity contribution in [3.63, 3.8) is 0 Å². The van der Waals surface area contributed by atoms with Crippen LogP contribution >= 0.6 is 0 Å². The van der Waals surface area contributed by atoms with Crippen molar-refractivity contribution in [2.45, 2.75) is 44.1 Å². The van der Waals surface area contributed by atoms with Crippen molar-refractivity contribution >= 4 is 17.7 Å². The molecule has 2 rings (SSSR count). The van der Waals surface area contributed by atoms with E-state index in [1.807, 2.05) is 0 Å². The summed E-state index contributed by atoms with van der Waals surface area (Å²) in [4.78, 5) is 23.1. The Hall–Kier alpha value is -2.25. The first-order valence-corrected chi connectivity index (χ1v) is 6.80. The number of amides is 1. The van der Waals surface area contributed by atoms with Crippen LogP contribution in [0.25, 0.3) is 0 Å². The van der Waals surface area contributed by atoms with Crippen LogP contribution in [0.1, 0.15) is 32.8 Å². The highest BCUT2D eigenvalue weighted by atomic mass is 19.3. The van der Waals surface area contributed by atoms with E-state index in [9.17, 15) is 27.9 Å². The normalized spacial score (nSPS) is 22.3. The second kappa shape index (κ2) is 5.14. The maximum atomic E-state index is 13.7. The number of halogens is 3. The molecule has 1 aliphatic rings. The Kier molecular flexibility index (Phi) is 3.82. The Labute approximate surface area is 130 Å². The van der Waals surface area contributed by atoms with Gasteiger partial charge in [-0.3, -0.25) is 10.1 Å². The third-order valence-corrected chi connectivity index (χ3v) is 3.43. The first-order valence-electron chi connectivity index (χ1n) is 6.80. The number of ether oxygens (including phenoxy) is 1. The molecule has 23 heavy (non-hydrogen) atoms. The third-order valence-electron chi connectivity index (χ3n) is 3.43. The molecule has 1 fully saturated rings. The van der Waals surface area contributed by atoms with Crippen LogP contribution in [0.5, 0.6) is 0 Å². The molecule has 1 atom stereocenters. The molecule has 1 unspecified atom stereocenters. The topological polar surface area (TPSA) is 75.6 Å². The van der Waals surface area contributed by atoms with Gasteiger partial charge in [0.05, 0.1) is 0 Å². The lowest BCUT2D eigenvalue weighted by atomic mass is 9.93. The smallest absolute Gasteiger partial charge is 0.412 e. The fourth-order valence-corrected chi connectivity index (χ4v) is 2.32. The number of hydrogen-bond donors (Lipinski definition) is 2. The predicted octanol–water partition coefficient (Wildman–Crippen LogP) is 3.53. The molecule has 0 bridgehead atoms. The van der Waals surface area contributed by atoms with Gasteiger partial charge in [0.1, 0.15) is 11.4 Å². The third kappa shape index (κ3) is 3.11. The second-order valence-electron chi connectivity index (χ2n) is 6.41. The molecule has 1 aromatic carbocycles. The van der Waals surface area contributed by atoms with Crippen molar-refractivity contribution in [1.82, 2.24) is 0 Å². The molecule has 0 saturated heterocycles. The number of rotatable bonds is 3.